The minimum Gasteiger partial charge on any atom is -0.296 e. The third-order valence-corrected chi connectivity index (χ3v) is 0.983. The standard InChI is InChI=1S/C6H5FN2O/c7-1-5-2-9-6(4-10)3-8-5/h2-4H,1H2. The van der Waals surface area contributed by atoms with Crippen LogP contribution in [0.5, 0.6) is 0 Å². The van der Waals surface area contributed by atoms with E-state index in [-0.39, 0.29) is 11.4 Å². The molecule has 0 spiro atoms. The molecule has 0 saturated heterocycles. The Morgan fingerprint density at radius 1 is 1.50 bits per heavy atom. The summed E-state index contributed by atoms with van der Waals surface area (Å²) >= 11 is 0. The van der Waals surface area contributed by atoms with Crippen LogP contribution in [0, 0.1) is 0 Å². The van der Waals surface area contributed by atoms with Gasteiger partial charge in [0, 0.05) is 0 Å². The van der Waals surface area contributed by atoms with E-state index in [1.807, 2.05) is 0 Å². The predicted octanol–water partition coefficient (Wildman–Crippen LogP) is 0.759. The van der Waals surface area contributed by atoms with Crippen molar-refractivity contribution in [1.29, 1.82) is 0 Å². The molecule has 10 heavy (non-hydrogen) atoms. The van der Waals surface area contributed by atoms with Crippen molar-refractivity contribution in [2.24, 2.45) is 0 Å². The first-order valence-corrected chi connectivity index (χ1v) is 2.69. The molecule has 0 amide bonds. The van der Waals surface area contributed by atoms with E-state index < -0.39 is 6.67 Å². The van der Waals surface area contributed by atoms with Crippen molar-refractivity contribution in [3.8, 4) is 0 Å². The highest BCUT2D eigenvalue weighted by Gasteiger charge is 1.93. The van der Waals surface area contributed by atoms with Gasteiger partial charge in [0.1, 0.15) is 12.4 Å². The number of nitrogens with zero attached hydrogens (tertiary/aromatic N) is 2. The third kappa shape index (κ3) is 1.34. The largest absolute Gasteiger partial charge is 0.296 e. The van der Waals surface area contributed by atoms with Gasteiger partial charge in [0.15, 0.2) is 6.29 Å². The van der Waals surface area contributed by atoms with Crippen molar-refractivity contribution in [1.82, 2.24) is 9.97 Å². The summed E-state index contributed by atoms with van der Waals surface area (Å²) in [5.41, 5.74) is 0.461. The molecule has 1 aromatic heterocycles. The molecule has 0 fully saturated rings. The van der Waals surface area contributed by atoms with Gasteiger partial charge in [-0.2, -0.15) is 0 Å². The zero-order chi connectivity index (χ0) is 7.40. The van der Waals surface area contributed by atoms with Crippen molar-refractivity contribution in [3.05, 3.63) is 23.8 Å². The van der Waals surface area contributed by atoms with E-state index in [4.69, 9.17) is 0 Å². The molecule has 52 valence electrons. The van der Waals surface area contributed by atoms with Crippen molar-refractivity contribution in [2.45, 2.75) is 6.67 Å². The van der Waals surface area contributed by atoms with Crippen molar-refractivity contribution >= 4 is 6.29 Å². The topological polar surface area (TPSA) is 42.9 Å². The Morgan fingerprint density at radius 2 is 2.30 bits per heavy atom. The van der Waals surface area contributed by atoms with Crippen molar-refractivity contribution < 1.29 is 9.18 Å². The summed E-state index contributed by atoms with van der Waals surface area (Å²) in [5.74, 6) is 0. The normalized spacial score (nSPS) is 9.30. The van der Waals surface area contributed by atoms with Gasteiger partial charge in [-0.15, -0.1) is 0 Å². The van der Waals surface area contributed by atoms with Gasteiger partial charge in [0.25, 0.3) is 0 Å². The number of alkyl halides is 1. The molecule has 0 N–H and O–H groups in total. The first-order valence-electron chi connectivity index (χ1n) is 2.69. The molecule has 0 aliphatic carbocycles. The lowest BCUT2D eigenvalue weighted by atomic mass is 10.4. The second-order valence-electron chi connectivity index (χ2n) is 1.68. The molecule has 0 bridgehead atoms. The number of halogens is 1. The zero-order valence-corrected chi connectivity index (χ0v) is 5.12. The first kappa shape index (κ1) is 6.80. The number of hydrogen-bond donors (Lipinski definition) is 0. The maximum absolute atomic E-state index is 11.8. The monoisotopic (exact) mass is 140 g/mol. The van der Waals surface area contributed by atoms with Crippen LogP contribution >= 0.6 is 0 Å². The van der Waals surface area contributed by atoms with Crippen LogP contribution in [0.3, 0.4) is 0 Å². The summed E-state index contributed by atoms with van der Waals surface area (Å²) in [5, 5.41) is 0. The average Bonchev–Trinajstić information content (AvgIpc) is 2.05. The van der Waals surface area contributed by atoms with Crippen LogP contribution in [0.1, 0.15) is 16.2 Å². The van der Waals surface area contributed by atoms with E-state index in [0.717, 1.165) is 0 Å². The molecule has 1 rings (SSSR count). The van der Waals surface area contributed by atoms with Crippen LogP contribution in [0.15, 0.2) is 12.4 Å². The molecule has 0 aliphatic rings. The second-order valence-corrected chi connectivity index (χ2v) is 1.68. The fraction of sp³-hybridized carbons (Fsp3) is 0.167. The summed E-state index contributed by atoms with van der Waals surface area (Å²) < 4.78 is 11.8. The van der Waals surface area contributed by atoms with Crippen LogP contribution < -0.4 is 0 Å². The lowest BCUT2D eigenvalue weighted by molar-refractivity contribution is 0.111. The van der Waals surface area contributed by atoms with E-state index in [2.05, 4.69) is 9.97 Å². The Bertz CT molecular complexity index is 222. The van der Waals surface area contributed by atoms with Gasteiger partial charge in [0.2, 0.25) is 0 Å². The highest BCUT2D eigenvalue weighted by atomic mass is 19.1. The molecule has 0 aromatic carbocycles. The fourth-order valence-electron chi connectivity index (χ4n) is 0.495. The summed E-state index contributed by atoms with van der Waals surface area (Å²) in [6, 6.07) is 0. The summed E-state index contributed by atoms with van der Waals surface area (Å²) in [6.45, 7) is -0.647. The molecule has 1 heterocycles. The van der Waals surface area contributed by atoms with E-state index in [1.54, 1.807) is 0 Å². The van der Waals surface area contributed by atoms with Crippen LogP contribution in [0.4, 0.5) is 4.39 Å². The zero-order valence-electron chi connectivity index (χ0n) is 5.12. The number of carbonyl (C=O) groups excluding carboxylic acids is 1. The number of hydrogen-bond acceptors (Lipinski definition) is 3. The van der Waals surface area contributed by atoms with Crippen LogP contribution in [0.2, 0.25) is 0 Å². The third-order valence-electron chi connectivity index (χ3n) is 0.983. The molecule has 0 aliphatic heterocycles. The Morgan fingerprint density at radius 3 is 2.70 bits per heavy atom. The summed E-state index contributed by atoms with van der Waals surface area (Å²) in [7, 11) is 0. The molecule has 1 aromatic rings. The van der Waals surface area contributed by atoms with Gasteiger partial charge in [-0.1, -0.05) is 0 Å². The first-order chi connectivity index (χ1) is 4.86. The van der Waals surface area contributed by atoms with Crippen LogP contribution in [-0.2, 0) is 6.67 Å². The molecule has 4 heteroatoms. The molecule has 0 radical (unpaired) electrons. The molecule has 3 nitrogen and oxygen atoms in total. The van der Waals surface area contributed by atoms with E-state index in [1.165, 1.54) is 12.4 Å². The minimum atomic E-state index is -0.647. The van der Waals surface area contributed by atoms with Crippen molar-refractivity contribution in [2.75, 3.05) is 0 Å². The van der Waals surface area contributed by atoms with E-state index >= 15 is 0 Å². The molecule has 0 atom stereocenters. The van der Waals surface area contributed by atoms with Crippen LogP contribution in [-0.4, -0.2) is 16.3 Å². The maximum Gasteiger partial charge on any atom is 0.170 e. The number of carbonyl (C=O) groups is 1. The quantitative estimate of drug-likeness (QED) is 0.569. The number of aldehydes is 1. The number of rotatable bonds is 2. The Balaban J connectivity index is 2.90. The second kappa shape index (κ2) is 3.00. The predicted molar refractivity (Wildman–Crippen MR) is 32.2 cm³/mol. The number of aromatic nitrogens is 2. The summed E-state index contributed by atoms with van der Waals surface area (Å²) in [6.07, 6.45) is 3.04. The Kier molecular flexibility index (Phi) is 2.04. The SMILES string of the molecule is O=Cc1cnc(CF)cn1. The Labute approximate surface area is 56.9 Å². The van der Waals surface area contributed by atoms with Gasteiger partial charge >= 0.3 is 0 Å². The van der Waals surface area contributed by atoms with Gasteiger partial charge < -0.3 is 0 Å². The lowest BCUT2D eigenvalue weighted by Gasteiger charge is -1.90. The highest BCUT2D eigenvalue weighted by molar-refractivity contribution is 5.70. The van der Waals surface area contributed by atoms with Gasteiger partial charge in [-0.3, -0.25) is 9.78 Å². The Hall–Kier alpha value is -1.32. The molecule has 0 saturated carbocycles. The van der Waals surface area contributed by atoms with Gasteiger partial charge in [-0.05, 0) is 0 Å². The smallest absolute Gasteiger partial charge is 0.170 e. The lowest BCUT2D eigenvalue weighted by Crippen LogP contribution is -1.91. The minimum absolute atomic E-state index is 0.220. The molecule has 0 unspecified atom stereocenters. The van der Waals surface area contributed by atoms with E-state index in [0.29, 0.717) is 6.29 Å². The maximum atomic E-state index is 11.8. The van der Waals surface area contributed by atoms with Crippen LogP contribution in [0.25, 0.3) is 0 Å². The molecular formula is C6H5FN2O. The molecular weight excluding hydrogens is 135 g/mol. The van der Waals surface area contributed by atoms with Gasteiger partial charge in [-0.25, -0.2) is 9.37 Å². The summed E-state index contributed by atoms with van der Waals surface area (Å²) in [4.78, 5) is 17.2. The van der Waals surface area contributed by atoms with Gasteiger partial charge in [0.05, 0.1) is 18.1 Å². The average molecular weight is 140 g/mol. The highest BCUT2D eigenvalue weighted by Crippen LogP contribution is 1.94. The fourth-order valence-corrected chi connectivity index (χ4v) is 0.495. The van der Waals surface area contributed by atoms with E-state index in [9.17, 15) is 9.18 Å². The van der Waals surface area contributed by atoms with Crippen molar-refractivity contribution in [3.63, 3.8) is 0 Å².